The Bertz CT molecular complexity index is 4100. The molecular formula is C72H54BF26I3P+. The first-order valence-electron chi connectivity index (χ1n) is 29.5. The predicted octanol–water partition coefficient (Wildman–Crippen LogP) is 9.28. The fourth-order valence-electron chi connectivity index (χ4n) is 9.74. The number of aryl methyl sites for hydroxylation is 1. The third-order valence-electron chi connectivity index (χ3n) is 14.8. The minimum Gasteiger partial charge on any atom is -1.00 e. The summed E-state index contributed by atoms with van der Waals surface area (Å²) in [4.78, 5) is 0. The molecule has 0 nitrogen and oxygen atoms in total. The Labute approximate surface area is 605 Å². The molecule has 0 radical (unpaired) electrons. The molecule has 0 bridgehead atoms. The Morgan fingerprint density at radius 3 is 0.641 bits per heavy atom. The Kier molecular flexibility index (Phi) is 29.4. The monoisotopic (exact) mass is 1840 g/mol. The van der Waals surface area contributed by atoms with Gasteiger partial charge in [0, 0.05) is 0 Å². The molecule has 0 aromatic heterocycles. The van der Waals surface area contributed by atoms with Gasteiger partial charge in [-0.3, -0.25) is 0 Å². The van der Waals surface area contributed by atoms with Gasteiger partial charge >= 0.3 is 92.8 Å². The second-order valence-corrected chi connectivity index (χ2v) is 34.7. The molecule has 10 aromatic carbocycles. The summed E-state index contributed by atoms with van der Waals surface area (Å²) in [5.74, 6) is -70.8. The smallest absolute Gasteiger partial charge is 0.357 e. The summed E-state index contributed by atoms with van der Waals surface area (Å²) in [6.45, 7) is 20.2. The van der Waals surface area contributed by atoms with Crippen molar-refractivity contribution >= 4 is 36.2 Å². The average molecular weight is 1840 g/mol. The van der Waals surface area contributed by atoms with Gasteiger partial charge in [-0.15, -0.1) is 21.9 Å². The molecule has 552 valence electrons. The molecule has 0 aliphatic heterocycles. The maximum Gasteiger partial charge on any atom is 0.357 e. The van der Waals surface area contributed by atoms with E-state index in [2.05, 4.69) is 220 Å². The number of halogens is 29. The van der Waals surface area contributed by atoms with Crippen LogP contribution in [0.2, 0.25) is 0 Å². The van der Waals surface area contributed by atoms with E-state index in [1.807, 2.05) is 0 Å². The molecule has 0 atom stereocenters. The van der Waals surface area contributed by atoms with E-state index in [1.165, 1.54) is 43.7 Å². The third-order valence-corrected chi connectivity index (χ3v) is 22.8. The van der Waals surface area contributed by atoms with Gasteiger partial charge in [0.1, 0.15) is 52.7 Å². The van der Waals surface area contributed by atoms with Gasteiger partial charge in [-0.2, -0.15) is 0 Å². The van der Waals surface area contributed by atoms with Crippen LogP contribution in [0.25, 0.3) is 0 Å². The minimum atomic E-state index is -8.55. The zero-order valence-electron chi connectivity index (χ0n) is 54.6. The Hall–Kier alpha value is -6.94. The van der Waals surface area contributed by atoms with Crippen molar-refractivity contribution in [1.82, 2.24) is 0 Å². The van der Waals surface area contributed by atoms with Crippen molar-refractivity contribution in [2.24, 2.45) is 0 Å². The molecule has 31 heteroatoms. The van der Waals surface area contributed by atoms with Crippen LogP contribution < -0.4 is 90.2 Å². The topological polar surface area (TPSA) is 0 Å². The van der Waals surface area contributed by atoms with Crippen LogP contribution in [-0.4, -0.2) is 6.15 Å². The van der Waals surface area contributed by atoms with E-state index in [4.69, 9.17) is 0 Å². The van der Waals surface area contributed by atoms with Gasteiger partial charge in [0.15, 0.2) is 91.2 Å². The SMILES string of the molecule is CC(C)(C)c1ccc([I+]c2ccc(C(C)(C)C)cc2)cc1.Cc1ccc([I+]c2ccc(C(C)C)cc2)cc1.FP(F)(F)(F)F.Fc1c(F)c(F)c([B-](c2c(F)c(F)c(F)c(F)c2F)(c2c(F)c(F)c(F)c(F)c2F)c2c(F)c(F)c(F)c(F)c2F)c(F)c1F.[F-].c1ccc([I+]c2ccccc2)cc1. The molecule has 0 N–H and O–H groups in total. The van der Waals surface area contributed by atoms with Gasteiger partial charge in [0.05, 0.1) is 0 Å². The maximum atomic E-state index is 15.4. The van der Waals surface area contributed by atoms with Crippen LogP contribution in [0.1, 0.15) is 83.6 Å². The average Bonchev–Trinajstić information content (AvgIpc) is 0.681. The zero-order valence-corrected chi connectivity index (χ0v) is 61.9. The normalized spacial score (nSPS) is 11.9. The summed E-state index contributed by atoms with van der Waals surface area (Å²) >= 11 is -0.0583. The van der Waals surface area contributed by atoms with Crippen LogP contribution >= 0.6 is 8.16 Å². The molecule has 0 unspecified atom stereocenters. The maximum absolute atomic E-state index is 15.4. The molecule has 10 aromatic rings. The molecule has 0 amide bonds. The zero-order chi connectivity index (χ0) is 76.7. The molecule has 0 spiro atoms. The first-order valence-corrected chi connectivity index (χ1v) is 37.6. The fourth-order valence-corrected chi connectivity index (χ4v) is 16.3. The Balaban J connectivity index is 0.000000270. The van der Waals surface area contributed by atoms with E-state index in [0.29, 0.717) is 5.92 Å². The van der Waals surface area contributed by atoms with Gasteiger partial charge in [-0.05, 0) is 113 Å². The second-order valence-electron chi connectivity index (χ2n) is 24.3. The molecule has 0 heterocycles. The summed E-state index contributed by atoms with van der Waals surface area (Å²) in [5, 5.41) is 0. The van der Waals surface area contributed by atoms with Crippen molar-refractivity contribution in [3.8, 4) is 0 Å². The minimum absolute atomic E-state index is 0. The fraction of sp³-hybridized carbons (Fsp3) is 0.167. The number of hydrogen-bond donors (Lipinski definition) is 0. The summed E-state index contributed by atoms with van der Waals surface area (Å²) in [7, 11) is -8.55. The first kappa shape index (κ1) is 86.7. The Morgan fingerprint density at radius 1 is 0.272 bits per heavy atom. The van der Waals surface area contributed by atoms with Crippen molar-refractivity contribution in [3.63, 3.8) is 0 Å². The van der Waals surface area contributed by atoms with E-state index >= 15 is 35.1 Å². The van der Waals surface area contributed by atoms with Crippen LogP contribution in [-0.2, 0) is 10.8 Å². The van der Waals surface area contributed by atoms with Crippen LogP contribution in [0.15, 0.2) is 158 Å². The van der Waals surface area contributed by atoms with Crippen LogP contribution in [0.5, 0.6) is 0 Å². The van der Waals surface area contributed by atoms with E-state index < -0.39 is 152 Å². The van der Waals surface area contributed by atoms with Crippen LogP contribution in [0.3, 0.4) is 0 Å². The van der Waals surface area contributed by atoms with Crippen LogP contribution in [0.4, 0.5) is 109 Å². The van der Waals surface area contributed by atoms with Crippen LogP contribution in [0, 0.1) is 145 Å². The van der Waals surface area contributed by atoms with Gasteiger partial charge in [-0.1, -0.05) is 146 Å². The molecule has 0 aliphatic rings. The molecule has 103 heavy (non-hydrogen) atoms. The molecule has 10 rings (SSSR count). The number of rotatable bonds is 11. The molecular weight excluding hydrogens is 1780 g/mol. The number of hydrogen-bond acceptors (Lipinski definition) is 0. The van der Waals surface area contributed by atoms with Gasteiger partial charge in [0.2, 0.25) is 0 Å². The van der Waals surface area contributed by atoms with E-state index in [-0.39, 0.29) is 79.1 Å². The van der Waals surface area contributed by atoms with Gasteiger partial charge < -0.3 is 4.70 Å². The predicted molar refractivity (Wildman–Crippen MR) is 329 cm³/mol. The van der Waals surface area contributed by atoms with E-state index in [9.17, 15) is 73.7 Å². The van der Waals surface area contributed by atoms with Gasteiger partial charge in [0.25, 0.3) is 0 Å². The summed E-state index contributed by atoms with van der Waals surface area (Å²) in [5.41, 5.74) is -8.24. The van der Waals surface area contributed by atoms with Crippen molar-refractivity contribution < 1.29 is 177 Å². The number of benzene rings is 10. The largest absolute Gasteiger partial charge is 1.00 e. The van der Waals surface area contributed by atoms with Gasteiger partial charge in [-0.25, -0.2) is 87.8 Å². The van der Waals surface area contributed by atoms with Crippen molar-refractivity contribution in [2.45, 2.75) is 79.1 Å². The van der Waals surface area contributed by atoms with E-state index in [0.717, 1.165) is 0 Å². The van der Waals surface area contributed by atoms with Crippen molar-refractivity contribution in [2.75, 3.05) is 0 Å². The molecule has 0 aliphatic carbocycles. The second kappa shape index (κ2) is 35.0. The summed E-state index contributed by atoms with van der Waals surface area (Å²) in [6.07, 6.45) is -7.22. The molecule has 0 saturated heterocycles. The Morgan fingerprint density at radius 2 is 0.447 bits per heavy atom. The van der Waals surface area contributed by atoms with E-state index in [1.54, 1.807) is 0 Å². The quantitative estimate of drug-likeness (QED) is 0.0303. The standard InChI is InChI=1S/C24BF20.C20H26I.C16H18I.C12H10I.F5P.FH/c26-5-1(6(27)14(35)21(42)13(5)34)25(2-7(28)15(36)22(43)16(37)8(2)29,3-9(30)17(38)23(44)18(39)10(3)31)4-11(32)19(40)24(45)20(41)12(4)33;1-19(2,3)15-7-11-17(12-8-15)21-18-13-9-16(10-14-18)20(4,5)6;1-12(2)14-6-10-16(11-7-14)17-15-8-4-13(3)5-9-15;1-3-7-11(8-4-1)13-12-9-5-2-6-10-12;1-6(2,3,4)5;/h;7-14H,1-6H3;4-12H,1-3H3;1-10H;;1H/q-1;3*+1;;/p-1. The first-order chi connectivity index (χ1) is 47.2. The summed E-state index contributed by atoms with van der Waals surface area (Å²) in [6, 6.07) is 57.9. The summed E-state index contributed by atoms with van der Waals surface area (Å²) < 4.78 is 352. The molecule has 0 saturated carbocycles. The molecule has 0 fully saturated rings. The third kappa shape index (κ3) is 21.2. The van der Waals surface area contributed by atoms with Crippen molar-refractivity contribution in [3.05, 3.63) is 318 Å². The van der Waals surface area contributed by atoms with Crippen molar-refractivity contribution in [1.29, 1.82) is 0 Å².